The fraction of sp³-hybridized carbons (Fsp3) is 0. The van der Waals surface area contributed by atoms with Gasteiger partial charge in [0.2, 0.25) is 0 Å². The van der Waals surface area contributed by atoms with Crippen LogP contribution in [0, 0.1) is 5.82 Å². The van der Waals surface area contributed by atoms with Crippen LogP contribution in [0.3, 0.4) is 0 Å². The van der Waals surface area contributed by atoms with Gasteiger partial charge in [-0.05, 0) is 56.1 Å². The second-order valence-electron chi connectivity index (χ2n) is 3.77. The number of halogens is 3. The highest BCUT2D eigenvalue weighted by Crippen LogP contribution is 2.25. The third kappa shape index (κ3) is 3.28. The number of nitrogens with one attached hydrogen (secondary N) is 1. The van der Waals surface area contributed by atoms with Gasteiger partial charge in [0, 0.05) is 10.7 Å². The first-order valence-corrected chi connectivity index (χ1v) is 8.25. The maximum absolute atomic E-state index is 13.1. The molecule has 5 nitrogen and oxygen atoms in total. The molecule has 0 saturated heterocycles. The second-order valence-corrected chi connectivity index (χ2v) is 7.19. The van der Waals surface area contributed by atoms with E-state index < -0.39 is 15.8 Å². The molecule has 1 heterocycles. The highest BCUT2D eigenvalue weighted by atomic mass is 79.9. The number of anilines is 2. The van der Waals surface area contributed by atoms with Crippen LogP contribution in [0.15, 0.2) is 44.3 Å². The van der Waals surface area contributed by atoms with Crippen molar-refractivity contribution in [1.82, 2.24) is 4.98 Å². The lowest BCUT2D eigenvalue weighted by atomic mass is 10.3. The summed E-state index contributed by atoms with van der Waals surface area (Å²) in [6, 6.07) is 5.10. The molecule has 0 spiro atoms. The topological polar surface area (TPSA) is 85.1 Å². The van der Waals surface area contributed by atoms with Gasteiger partial charge in [-0.1, -0.05) is 0 Å². The van der Waals surface area contributed by atoms with Gasteiger partial charge < -0.3 is 5.73 Å². The first-order chi connectivity index (χ1) is 9.29. The Morgan fingerprint density at radius 3 is 2.60 bits per heavy atom. The van der Waals surface area contributed by atoms with Crippen LogP contribution >= 0.6 is 31.9 Å². The van der Waals surface area contributed by atoms with E-state index in [1.54, 1.807) is 0 Å². The van der Waals surface area contributed by atoms with Crippen molar-refractivity contribution in [3.05, 3.63) is 45.2 Å². The second kappa shape index (κ2) is 5.66. The minimum absolute atomic E-state index is 0.123. The number of sulfonamides is 1. The molecule has 3 N–H and O–H groups in total. The quantitative estimate of drug-likeness (QED) is 0.792. The molecule has 0 saturated carbocycles. The summed E-state index contributed by atoms with van der Waals surface area (Å²) >= 11 is 6.11. The van der Waals surface area contributed by atoms with Crippen molar-refractivity contribution < 1.29 is 12.8 Å². The molecule has 106 valence electrons. The molecule has 0 amide bonds. The van der Waals surface area contributed by atoms with Crippen molar-refractivity contribution >= 4 is 53.4 Å². The van der Waals surface area contributed by atoms with Crippen molar-refractivity contribution in [2.45, 2.75) is 4.90 Å². The third-order valence-electron chi connectivity index (χ3n) is 2.31. The number of nitrogen functional groups attached to an aromatic ring is 1. The van der Waals surface area contributed by atoms with Crippen molar-refractivity contribution in [2.75, 3.05) is 10.5 Å². The molecule has 20 heavy (non-hydrogen) atoms. The Kier molecular flexibility index (Phi) is 4.31. The molecule has 1 aromatic heterocycles. The number of hydrogen-bond acceptors (Lipinski definition) is 4. The SMILES string of the molecule is Nc1ncc(Br)cc1S(=O)(=O)Nc1ccc(F)c(Br)c1. The summed E-state index contributed by atoms with van der Waals surface area (Å²) in [6.45, 7) is 0. The summed E-state index contributed by atoms with van der Waals surface area (Å²) < 4.78 is 40.5. The van der Waals surface area contributed by atoms with E-state index in [9.17, 15) is 12.8 Å². The molecule has 0 radical (unpaired) electrons. The summed E-state index contributed by atoms with van der Waals surface area (Å²) in [5.74, 6) is -0.613. The Bertz CT molecular complexity index is 768. The zero-order chi connectivity index (χ0) is 14.9. The lowest BCUT2D eigenvalue weighted by molar-refractivity contribution is 0.601. The zero-order valence-electron chi connectivity index (χ0n) is 9.77. The largest absolute Gasteiger partial charge is 0.383 e. The number of pyridine rings is 1. The lowest BCUT2D eigenvalue weighted by Crippen LogP contribution is -2.15. The fourth-order valence-corrected chi connectivity index (χ4v) is 3.44. The van der Waals surface area contributed by atoms with Gasteiger partial charge in [0.1, 0.15) is 16.5 Å². The number of rotatable bonds is 3. The standard InChI is InChI=1S/C11H8Br2FN3O2S/c12-6-3-10(11(15)16-5-6)20(18,19)17-7-1-2-9(14)8(13)4-7/h1-5,17H,(H2,15,16). The summed E-state index contributed by atoms with van der Waals surface area (Å²) in [5, 5.41) is 0. The van der Waals surface area contributed by atoms with E-state index in [0.29, 0.717) is 4.47 Å². The van der Waals surface area contributed by atoms with Gasteiger partial charge in [0.25, 0.3) is 10.0 Å². The normalized spacial score (nSPS) is 11.3. The zero-order valence-corrected chi connectivity index (χ0v) is 13.8. The molecule has 0 aliphatic rings. The highest BCUT2D eigenvalue weighted by molar-refractivity contribution is 9.10. The summed E-state index contributed by atoms with van der Waals surface area (Å²) in [5.41, 5.74) is 5.77. The molecule has 9 heteroatoms. The maximum atomic E-state index is 13.1. The van der Waals surface area contributed by atoms with E-state index in [1.807, 2.05) is 0 Å². The van der Waals surface area contributed by atoms with E-state index >= 15 is 0 Å². The molecule has 0 atom stereocenters. The van der Waals surface area contributed by atoms with Gasteiger partial charge in [0.15, 0.2) is 0 Å². The Morgan fingerprint density at radius 1 is 1.25 bits per heavy atom. The number of aromatic nitrogens is 1. The highest BCUT2D eigenvalue weighted by Gasteiger charge is 2.19. The van der Waals surface area contributed by atoms with Gasteiger partial charge in [-0.15, -0.1) is 0 Å². The molecule has 1 aromatic carbocycles. The van der Waals surface area contributed by atoms with Gasteiger partial charge in [0.05, 0.1) is 10.2 Å². The van der Waals surface area contributed by atoms with Crippen LogP contribution in [0.5, 0.6) is 0 Å². The molecule has 0 fully saturated rings. The molecule has 0 unspecified atom stereocenters. The Labute approximate surface area is 131 Å². The van der Waals surface area contributed by atoms with Gasteiger partial charge in [-0.3, -0.25) is 4.72 Å². The van der Waals surface area contributed by atoms with Crippen LogP contribution in [0.1, 0.15) is 0 Å². The molecule has 0 aliphatic carbocycles. The molecule has 0 aliphatic heterocycles. The van der Waals surface area contributed by atoms with Crippen LogP contribution in [0.4, 0.5) is 15.9 Å². The molecular formula is C11H8Br2FN3O2S. The number of hydrogen-bond donors (Lipinski definition) is 2. The van der Waals surface area contributed by atoms with E-state index in [4.69, 9.17) is 5.73 Å². The van der Waals surface area contributed by atoms with E-state index in [-0.39, 0.29) is 20.9 Å². The van der Waals surface area contributed by atoms with Gasteiger partial charge >= 0.3 is 0 Å². The van der Waals surface area contributed by atoms with Crippen LogP contribution < -0.4 is 10.5 Å². The summed E-state index contributed by atoms with van der Waals surface area (Å²) in [7, 11) is -3.91. The first-order valence-electron chi connectivity index (χ1n) is 5.18. The van der Waals surface area contributed by atoms with E-state index in [0.717, 1.165) is 6.07 Å². The van der Waals surface area contributed by atoms with Crippen molar-refractivity contribution in [2.24, 2.45) is 0 Å². The van der Waals surface area contributed by atoms with Crippen molar-refractivity contribution in [1.29, 1.82) is 0 Å². The van der Waals surface area contributed by atoms with Gasteiger partial charge in [-0.25, -0.2) is 17.8 Å². The number of benzene rings is 1. The van der Waals surface area contributed by atoms with Crippen LogP contribution in [0.2, 0.25) is 0 Å². The minimum Gasteiger partial charge on any atom is -0.383 e. The van der Waals surface area contributed by atoms with Crippen LogP contribution in [0.25, 0.3) is 0 Å². The van der Waals surface area contributed by atoms with Crippen LogP contribution in [-0.4, -0.2) is 13.4 Å². The van der Waals surface area contributed by atoms with Crippen molar-refractivity contribution in [3.63, 3.8) is 0 Å². The van der Waals surface area contributed by atoms with Crippen LogP contribution in [-0.2, 0) is 10.0 Å². The smallest absolute Gasteiger partial charge is 0.265 e. The molecule has 2 aromatic rings. The Balaban J connectivity index is 2.40. The lowest BCUT2D eigenvalue weighted by Gasteiger charge is -2.10. The first kappa shape index (κ1) is 15.2. The summed E-state index contributed by atoms with van der Waals surface area (Å²) in [4.78, 5) is 3.60. The van der Waals surface area contributed by atoms with E-state index in [2.05, 4.69) is 41.6 Å². The Hall–Kier alpha value is -1.19. The summed E-state index contributed by atoms with van der Waals surface area (Å²) in [6.07, 6.45) is 1.39. The molecule has 0 bridgehead atoms. The predicted octanol–water partition coefficient (Wildman–Crippen LogP) is 3.13. The number of nitrogens with zero attached hydrogens (tertiary/aromatic N) is 1. The minimum atomic E-state index is -3.91. The predicted molar refractivity (Wildman–Crippen MR) is 81.3 cm³/mol. The van der Waals surface area contributed by atoms with Crippen molar-refractivity contribution in [3.8, 4) is 0 Å². The fourth-order valence-electron chi connectivity index (χ4n) is 1.42. The maximum Gasteiger partial charge on any atom is 0.265 e. The monoisotopic (exact) mass is 423 g/mol. The average molecular weight is 425 g/mol. The average Bonchev–Trinajstić information content (AvgIpc) is 2.36. The number of nitrogens with two attached hydrogens (primary N) is 1. The van der Waals surface area contributed by atoms with E-state index in [1.165, 1.54) is 24.4 Å². The molecular weight excluding hydrogens is 417 g/mol. The van der Waals surface area contributed by atoms with Gasteiger partial charge in [-0.2, -0.15) is 0 Å². The Morgan fingerprint density at radius 2 is 1.95 bits per heavy atom. The third-order valence-corrected chi connectivity index (χ3v) is 4.76. The molecule has 2 rings (SSSR count).